The summed E-state index contributed by atoms with van der Waals surface area (Å²) in [7, 11) is 0. The van der Waals surface area contributed by atoms with Crippen LogP contribution in [-0.2, 0) is 14.3 Å². The Balaban J connectivity index is 2.20. The van der Waals surface area contributed by atoms with Crippen LogP contribution in [0.4, 0.5) is 0 Å². The number of esters is 2. The van der Waals surface area contributed by atoms with Crippen molar-refractivity contribution in [1.82, 2.24) is 0 Å². The smallest absolute Gasteiger partial charge is 0.311 e. The van der Waals surface area contributed by atoms with Gasteiger partial charge >= 0.3 is 11.9 Å². The second-order valence-electron chi connectivity index (χ2n) is 4.08. The summed E-state index contributed by atoms with van der Waals surface area (Å²) in [5.74, 6) is -0.315. The van der Waals surface area contributed by atoms with E-state index in [1.165, 1.54) is 0 Å². The second-order valence-corrected chi connectivity index (χ2v) is 4.52. The van der Waals surface area contributed by atoms with Crippen LogP contribution >= 0.6 is 11.6 Å². The molecule has 5 heteroatoms. The highest BCUT2D eigenvalue weighted by molar-refractivity contribution is 6.30. The van der Waals surface area contributed by atoms with Gasteiger partial charge in [-0.15, -0.1) is 6.58 Å². The predicted molar refractivity (Wildman–Crippen MR) is 76.7 cm³/mol. The van der Waals surface area contributed by atoms with E-state index in [2.05, 4.69) is 6.58 Å². The van der Waals surface area contributed by atoms with Crippen LogP contribution in [0, 0.1) is 0 Å². The van der Waals surface area contributed by atoms with Gasteiger partial charge in [-0.1, -0.05) is 23.7 Å². The van der Waals surface area contributed by atoms with Crippen molar-refractivity contribution in [2.24, 2.45) is 0 Å². The molecule has 1 aromatic rings. The molecule has 0 N–H and O–H groups in total. The molecule has 0 amide bonds. The van der Waals surface area contributed by atoms with Crippen molar-refractivity contribution < 1.29 is 19.1 Å². The van der Waals surface area contributed by atoms with E-state index >= 15 is 0 Å². The van der Waals surface area contributed by atoms with Crippen LogP contribution in [0.25, 0.3) is 0 Å². The summed E-state index contributed by atoms with van der Waals surface area (Å²) in [4.78, 5) is 22.8. The maximum atomic E-state index is 11.5. The Kier molecular flexibility index (Phi) is 7.43. The van der Waals surface area contributed by atoms with E-state index in [1.54, 1.807) is 30.3 Å². The standard InChI is InChI=1S/C15H17ClO4/c1-2-3-10-19-14(17)8-5-9-15(18)20-13-7-4-6-12(16)11-13/h2,4,6-7,11H,1,3,5,8-10H2. The Hall–Kier alpha value is -1.81. The largest absolute Gasteiger partial charge is 0.465 e. The van der Waals surface area contributed by atoms with Gasteiger partial charge < -0.3 is 9.47 Å². The Morgan fingerprint density at radius 1 is 1.25 bits per heavy atom. The minimum absolute atomic E-state index is 0.156. The predicted octanol–water partition coefficient (Wildman–Crippen LogP) is 3.54. The average molecular weight is 297 g/mol. The van der Waals surface area contributed by atoms with E-state index in [0.717, 1.165) is 0 Å². The highest BCUT2D eigenvalue weighted by atomic mass is 35.5. The Bertz CT molecular complexity index is 471. The van der Waals surface area contributed by atoms with Gasteiger partial charge in [0.05, 0.1) is 6.61 Å². The molecule has 0 saturated carbocycles. The monoisotopic (exact) mass is 296 g/mol. The second kappa shape index (κ2) is 9.15. The van der Waals surface area contributed by atoms with Crippen LogP contribution in [0.15, 0.2) is 36.9 Å². The minimum Gasteiger partial charge on any atom is -0.465 e. The number of carbonyl (C=O) groups is 2. The highest BCUT2D eigenvalue weighted by Crippen LogP contribution is 2.17. The van der Waals surface area contributed by atoms with E-state index in [4.69, 9.17) is 21.1 Å². The van der Waals surface area contributed by atoms with Gasteiger partial charge in [-0.25, -0.2) is 0 Å². The fraction of sp³-hybridized carbons (Fsp3) is 0.333. The van der Waals surface area contributed by atoms with Crippen LogP contribution in [0.3, 0.4) is 0 Å². The summed E-state index contributed by atoms with van der Waals surface area (Å²) in [6.07, 6.45) is 3.05. The number of ether oxygens (including phenoxy) is 2. The molecule has 0 aliphatic rings. The number of rotatable bonds is 8. The third kappa shape index (κ3) is 6.95. The summed E-state index contributed by atoms with van der Waals surface area (Å²) in [5.41, 5.74) is 0. The third-order valence-electron chi connectivity index (χ3n) is 2.37. The number of hydrogen-bond acceptors (Lipinski definition) is 4. The van der Waals surface area contributed by atoms with Gasteiger partial charge in [-0.2, -0.15) is 0 Å². The molecule has 1 rings (SSSR count). The molecule has 0 saturated heterocycles. The molecule has 0 unspecified atom stereocenters. The van der Waals surface area contributed by atoms with Gasteiger partial charge in [0.15, 0.2) is 0 Å². The van der Waals surface area contributed by atoms with Crippen molar-refractivity contribution in [1.29, 1.82) is 0 Å². The van der Waals surface area contributed by atoms with E-state index in [1.807, 2.05) is 0 Å². The number of carbonyl (C=O) groups excluding carboxylic acids is 2. The number of hydrogen-bond donors (Lipinski definition) is 0. The zero-order valence-electron chi connectivity index (χ0n) is 11.1. The topological polar surface area (TPSA) is 52.6 Å². The first kappa shape index (κ1) is 16.2. The fourth-order valence-electron chi connectivity index (χ4n) is 1.42. The molecule has 0 bridgehead atoms. The van der Waals surface area contributed by atoms with Gasteiger partial charge in [-0.05, 0) is 31.0 Å². The van der Waals surface area contributed by atoms with Crippen LogP contribution in [0.2, 0.25) is 5.02 Å². The van der Waals surface area contributed by atoms with Crippen molar-refractivity contribution in [3.05, 3.63) is 41.9 Å². The lowest BCUT2D eigenvalue weighted by Gasteiger charge is -2.05. The molecule has 0 aromatic heterocycles. The Labute approximate surface area is 123 Å². The van der Waals surface area contributed by atoms with Crippen molar-refractivity contribution in [2.45, 2.75) is 25.7 Å². The molecule has 4 nitrogen and oxygen atoms in total. The molecular weight excluding hydrogens is 280 g/mol. The quantitative estimate of drug-likeness (QED) is 0.319. The van der Waals surface area contributed by atoms with Crippen molar-refractivity contribution in [2.75, 3.05) is 6.61 Å². The van der Waals surface area contributed by atoms with Gasteiger partial charge in [0.25, 0.3) is 0 Å². The minimum atomic E-state index is -0.397. The normalized spacial score (nSPS) is 9.85. The van der Waals surface area contributed by atoms with Gasteiger partial charge in [0.2, 0.25) is 0 Å². The molecule has 1 aromatic carbocycles. The number of halogens is 1. The lowest BCUT2D eigenvalue weighted by atomic mass is 10.2. The zero-order valence-corrected chi connectivity index (χ0v) is 11.9. The first-order valence-electron chi connectivity index (χ1n) is 6.34. The highest BCUT2D eigenvalue weighted by Gasteiger charge is 2.08. The van der Waals surface area contributed by atoms with E-state index in [-0.39, 0.29) is 18.8 Å². The maximum Gasteiger partial charge on any atom is 0.311 e. The summed E-state index contributed by atoms with van der Waals surface area (Å²) in [6.45, 7) is 3.86. The lowest BCUT2D eigenvalue weighted by molar-refractivity contribution is -0.143. The SMILES string of the molecule is C=CCCOC(=O)CCCC(=O)Oc1cccc(Cl)c1. The van der Waals surface area contributed by atoms with Crippen molar-refractivity contribution in [3.8, 4) is 5.75 Å². The zero-order chi connectivity index (χ0) is 14.8. The molecule has 0 fully saturated rings. The van der Waals surface area contributed by atoms with E-state index in [0.29, 0.717) is 30.2 Å². The molecular formula is C15H17ClO4. The van der Waals surface area contributed by atoms with Gasteiger partial charge in [0, 0.05) is 17.9 Å². The molecule has 0 spiro atoms. The molecule has 0 heterocycles. The summed E-state index contributed by atoms with van der Waals surface area (Å²) in [5, 5.41) is 0.501. The fourth-order valence-corrected chi connectivity index (χ4v) is 1.60. The summed E-state index contributed by atoms with van der Waals surface area (Å²) >= 11 is 5.78. The van der Waals surface area contributed by atoms with Crippen molar-refractivity contribution >= 4 is 23.5 Å². The molecule has 108 valence electrons. The van der Waals surface area contributed by atoms with Gasteiger partial charge in [0.1, 0.15) is 5.75 Å². The lowest BCUT2D eigenvalue weighted by Crippen LogP contribution is -2.10. The van der Waals surface area contributed by atoms with E-state index in [9.17, 15) is 9.59 Å². The van der Waals surface area contributed by atoms with E-state index < -0.39 is 5.97 Å². The Morgan fingerprint density at radius 3 is 2.70 bits per heavy atom. The molecule has 20 heavy (non-hydrogen) atoms. The first-order valence-corrected chi connectivity index (χ1v) is 6.72. The average Bonchev–Trinajstić information content (AvgIpc) is 2.39. The summed E-state index contributed by atoms with van der Waals surface area (Å²) < 4.78 is 10.0. The van der Waals surface area contributed by atoms with Crippen LogP contribution in [0.5, 0.6) is 5.75 Å². The van der Waals surface area contributed by atoms with Crippen molar-refractivity contribution in [3.63, 3.8) is 0 Å². The molecule has 0 aliphatic carbocycles. The first-order chi connectivity index (χ1) is 9.61. The maximum absolute atomic E-state index is 11.5. The van der Waals surface area contributed by atoms with Gasteiger partial charge in [-0.3, -0.25) is 9.59 Å². The molecule has 0 aliphatic heterocycles. The number of benzene rings is 1. The van der Waals surface area contributed by atoms with Crippen LogP contribution < -0.4 is 4.74 Å². The third-order valence-corrected chi connectivity index (χ3v) is 2.61. The summed E-state index contributed by atoms with van der Waals surface area (Å²) in [6, 6.07) is 6.59. The Morgan fingerprint density at radius 2 is 2.00 bits per heavy atom. The van der Waals surface area contributed by atoms with Crippen LogP contribution in [0.1, 0.15) is 25.7 Å². The molecule has 0 radical (unpaired) electrons. The molecule has 0 atom stereocenters. The van der Waals surface area contributed by atoms with Crippen LogP contribution in [-0.4, -0.2) is 18.5 Å².